The standard InChI is InChI=1S/C18H16N2O5/c1-11-16(18(23)24-2)13(10-19)17(25-11)20-15(22)9-8-14(21)12-6-4-3-5-7-12/h3-7H,8-9H2,1-2H3,(H,20,22). The molecule has 0 fully saturated rings. The lowest BCUT2D eigenvalue weighted by Crippen LogP contribution is -2.14. The molecule has 1 aromatic carbocycles. The third-order valence-electron chi connectivity index (χ3n) is 3.51. The summed E-state index contributed by atoms with van der Waals surface area (Å²) in [6, 6.07) is 10.4. The second-order valence-corrected chi connectivity index (χ2v) is 5.18. The zero-order chi connectivity index (χ0) is 18.4. The second-order valence-electron chi connectivity index (χ2n) is 5.18. The SMILES string of the molecule is COC(=O)c1c(C)oc(NC(=O)CCC(=O)c2ccccc2)c1C#N. The van der Waals surface area contributed by atoms with E-state index in [-0.39, 0.29) is 41.4 Å². The van der Waals surface area contributed by atoms with Crippen LogP contribution >= 0.6 is 0 Å². The molecule has 0 spiro atoms. The number of methoxy groups -OCH3 is 1. The summed E-state index contributed by atoms with van der Waals surface area (Å²) in [6.45, 7) is 1.49. The van der Waals surface area contributed by atoms with Crippen LogP contribution in [0.3, 0.4) is 0 Å². The van der Waals surface area contributed by atoms with Crippen molar-refractivity contribution in [3.8, 4) is 6.07 Å². The van der Waals surface area contributed by atoms with Gasteiger partial charge in [-0.2, -0.15) is 5.26 Å². The Kier molecular flexibility index (Phi) is 5.69. The number of nitriles is 1. The highest BCUT2D eigenvalue weighted by Gasteiger charge is 2.25. The van der Waals surface area contributed by atoms with E-state index in [4.69, 9.17) is 4.42 Å². The Morgan fingerprint density at radius 3 is 2.48 bits per heavy atom. The summed E-state index contributed by atoms with van der Waals surface area (Å²) in [4.78, 5) is 35.7. The molecule has 0 aliphatic rings. The minimum Gasteiger partial charge on any atom is -0.465 e. The molecule has 0 aliphatic heterocycles. The number of hydrogen-bond acceptors (Lipinski definition) is 6. The molecule has 1 heterocycles. The maximum Gasteiger partial charge on any atom is 0.342 e. The third-order valence-corrected chi connectivity index (χ3v) is 3.51. The average Bonchev–Trinajstić information content (AvgIpc) is 2.94. The zero-order valence-corrected chi connectivity index (χ0v) is 13.8. The number of esters is 1. The molecular weight excluding hydrogens is 324 g/mol. The summed E-state index contributed by atoms with van der Waals surface area (Å²) >= 11 is 0. The number of carbonyl (C=O) groups excluding carboxylic acids is 3. The Labute approximate surface area is 144 Å². The minimum atomic E-state index is -0.724. The number of hydrogen-bond donors (Lipinski definition) is 1. The van der Waals surface area contributed by atoms with Crippen LogP contribution in [0, 0.1) is 18.3 Å². The normalized spacial score (nSPS) is 9.96. The van der Waals surface area contributed by atoms with Crippen molar-refractivity contribution in [2.24, 2.45) is 0 Å². The Hall–Kier alpha value is -3.40. The monoisotopic (exact) mass is 340 g/mol. The first kappa shape index (κ1) is 17.9. The van der Waals surface area contributed by atoms with Crippen LogP contribution in [0.25, 0.3) is 0 Å². The Morgan fingerprint density at radius 1 is 1.20 bits per heavy atom. The van der Waals surface area contributed by atoms with E-state index in [0.717, 1.165) is 0 Å². The summed E-state index contributed by atoms with van der Waals surface area (Å²) in [5.41, 5.74) is 0.391. The highest BCUT2D eigenvalue weighted by atomic mass is 16.5. The number of furan rings is 1. The van der Waals surface area contributed by atoms with E-state index >= 15 is 0 Å². The molecule has 25 heavy (non-hydrogen) atoms. The van der Waals surface area contributed by atoms with Gasteiger partial charge in [0.25, 0.3) is 0 Å². The number of nitrogens with zero attached hydrogens (tertiary/aromatic N) is 1. The van der Waals surface area contributed by atoms with Crippen LogP contribution < -0.4 is 5.32 Å². The smallest absolute Gasteiger partial charge is 0.342 e. The first-order valence-electron chi connectivity index (χ1n) is 7.47. The Balaban J connectivity index is 2.05. The van der Waals surface area contributed by atoms with Gasteiger partial charge in [0.2, 0.25) is 11.8 Å². The van der Waals surface area contributed by atoms with E-state index in [2.05, 4.69) is 10.1 Å². The van der Waals surface area contributed by atoms with E-state index in [1.807, 2.05) is 6.07 Å². The molecule has 1 amide bonds. The summed E-state index contributed by atoms with van der Waals surface area (Å²) in [6.07, 6.45) is -0.0623. The van der Waals surface area contributed by atoms with Crippen LogP contribution in [0.4, 0.5) is 5.88 Å². The predicted octanol–water partition coefficient (Wildman–Crippen LogP) is 2.85. The number of Topliss-reactive ketones (excluding diaryl/α,β-unsaturated/α-hetero) is 1. The van der Waals surface area contributed by atoms with Gasteiger partial charge >= 0.3 is 5.97 Å². The van der Waals surface area contributed by atoms with Crippen molar-refractivity contribution >= 4 is 23.5 Å². The molecule has 2 aromatic rings. The summed E-state index contributed by atoms with van der Waals surface area (Å²) < 4.78 is 9.88. The van der Waals surface area contributed by atoms with Crippen molar-refractivity contribution in [1.29, 1.82) is 5.26 Å². The van der Waals surface area contributed by atoms with Gasteiger partial charge in [0.05, 0.1) is 7.11 Å². The number of aryl methyl sites for hydroxylation is 1. The molecule has 128 valence electrons. The molecule has 0 atom stereocenters. The fourth-order valence-corrected chi connectivity index (χ4v) is 2.27. The molecule has 7 heteroatoms. The molecule has 0 bridgehead atoms. The fraction of sp³-hybridized carbons (Fsp3) is 0.222. The molecule has 1 N–H and O–H groups in total. The molecule has 0 saturated heterocycles. The molecule has 0 radical (unpaired) electrons. The van der Waals surface area contributed by atoms with Crippen LogP contribution in [-0.2, 0) is 9.53 Å². The number of ether oxygens (including phenoxy) is 1. The highest BCUT2D eigenvalue weighted by Crippen LogP contribution is 2.27. The Morgan fingerprint density at radius 2 is 1.88 bits per heavy atom. The summed E-state index contributed by atoms with van der Waals surface area (Å²) in [5, 5.41) is 11.6. The van der Waals surface area contributed by atoms with E-state index in [1.54, 1.807) is 30.3 Å². The number of anilines is 1. The van der Waals surface area contributed by atoms with Crippen molar-refractivity contribution in [2.45, 2.75) is 19.8 Å². The lowest BCUT2D eigenvalue weighted by molar-refractivity contribution is -0.116. The molecule has 0 aliphatic carbocycles. The summed E-state index contributed by atoms with van der Waals surface area (Å²) in [7, 11) is 1.18. The molecule has 7 nitrogen and oxygen atoms in total. The number of benzene rings is 1. The molecule has 0 saturated carbocycles. The number of carbonyl (C=O) groups is 3. The first-order chi connectivity index (χ1) is 12.0. The van der Waals surface area contributed by atoms with Gasteiger partial charge in [-0.15, -0.1) is 0 Å². The quantitative estimate of drug-likeness (QED) is 0.639. The largest absolute Gasteiger partial charge is 0.465 e. The maximum absolute atomic E-state index is 12.0. The van der Waals surface area contributed by atoms with Gasteiger partial charge in [0.1, 0.15) is 23.0 Å². The van der Waals surface area contributed by atoms with Crippen LogP contribution in [0.15, 0.2) is 34.7 Å². The molecular formula is C18H16N2O5. The Bertz CT molecular complexity index is 846. The van der Waals surface area contributed by atoms with Crippen LogP contribution in [0.1, 0.15) is 44.9 Å². The van der Waals surface area contributed by atoms with Gasteiger partial charge in [-0.05, 0) is 6.92 Å². The number of amides is 1. The lowest BCUT2D eigenvalue weighted by atomic mass is 10.1. The van der Waals surface area contributed by atoms with Crippen molar-refractivity contribution in [3.63, 3.8) is 0 Å². The predicted molar refractivity (Wildman–Crippen MR) is 88.1 cm³/mol. The van der Waals surface area contributed by atoms with Crippen LogP contribution in [0.5, 0.6) is 0 Å². The van der Waals surface area contributed by atoms with E-state index in [1.165, 1.54) is 14.0 Å². The van der Waals surface area contributed by atoms with Gasteiger partial charge in [-0.1, -0.05) is 30.3 Å². The number of ketones is 1. The van der Waals surface area contributed by atoms with Gasteiger partial charge in [-0.25, -0.2) is 4.79 Å². The van der Waals surface area contributed by atoms with Gasteiger partial charge in [0.15, 0.2) is 5.78 Å². The molecule has 0 unspecified atom stereocenters. The maximum atomic E-state index is 12.0. The second kappa shape index (κ2) is 7.93. The number of nitrogens with one attached hydrogen (secondary N) is 1. The van der Waals surface area contributed by atoms with E-state index < -0.39 is 11.9 Å². The third kappa shape index (κ3) is 4.12. The number of rotatable bonds is 6. The van der Waals surface area contributed by atoms with Crippen molar-refractivity contribution in [1.82, 2.24) is 0 Å². The first-order valence-corrected chi connectivity index (χ1v) is 7.47. The minimum absolute atomic E-state index is 0.0152. The average molecular weight is 340 g/mol. The van der Waals surface area contributed by atoms with Gasteiger partial charge < -0.3 is 9.15 Å². The van der Waals surface area contributed by atoms with E-state index in [0.29, 0.717) is 5.56 Å². The van der Waals surface area contributed by atoms with Gasteiger partial charge in [-0.3, -0.25) is 14.9 Å². The topological polar surface area (TPSA) is 109 Å². The van der Waals surface area contributed by atoms with Crippen molar-refractivity contribution in [3.05, 3.63) is 52.8 Å². The van der Waals surface area contributed by atoms with Crippen molar-refractivity contribution < 1.29 is 23.5 Å². The van der Waals surface area contributed by atoms with Crippen LogP contribution in [0.2, 0.25) is 0 Å². The van der Waals surface area contributed by atoms with Crippen LogP contribution in [-0.4, -0.2) is 24.8 Å². The molecule has 2 rings (SSSR count). The van der Waals surface area contributed by atoms with Gasteiger partial charge in [0, 0.05) is 18.4 Å². The lowest BCUT2D eigenvalue weighted by Gasteiger charge is -2.03. The fourth-order valence-electron chi connectivity index (χ4n) is 2.27. The van der Waals surface area contributed by atoms with Crippen molar-refractivity contribution in [2.75, 3.05) is 12.4 Å². The van der Waals surface area contributed by atoms with E-state index in [9.17, 15) is 19.6 Å². The zero-order valence-electron chi connectivity index (χ0n) is 13.8. The summed E-state index contributed by atoms with van der Waals surface area (Å²) in [5.74, 6) is -1.35. The molecule has 1 aromatic heterocycles. The highest BCUT2D eigenvalue weighted by molar-refractivity contribution is 6.01.